The molecule has 1 aromatic heterocycles. The molecule has 0 radical (unpaired) electrons. The van der Waals surface area contributed by atoms with Crippen LogP contribution >= 0.6 is 0 Å². The molecule has 3 fully saturated rings. The van der Waals surface area contributed by atoms with Gasteiger partial charge in [0.25, 0.3) is 0 Å². The maximum absolute atomic E-state index is 12.1. The van der Waals surface area contributed by atoms with Crippen LogP contribution in [0.1, 0.15) is 49.7 Å². The second-order valence-corrected chi connectivity index (χ2v) is 7.18. The van der Waals surface area contributed by atoms with Gasteiger partial charge in [-0.25, -0.2) is 0 Å². The number of hydrogen-bond acceptors (Lipinski definition) is 6. The van der Waals surface area contributed by atoms with E-state index in [1.807, 2.05) is 4.90 Å². The van der Waals surface area contributed by atoms with Crippen molar-refractivity contribution in [2.45, 2.75) is 50.6 Å². The molecule has 0 spiro atoms. The first-order valence-corrected chi connectivity index (χ1v) is 8.74. The van der Waals surface area contributed by atoms with Crippen molar-refractivity contribution in [3.63, 3.8) is 0 Å². The Morgan fingerprint density at radius 3 is 2.62 bits per heavy atom. The summed E-state index contributed by atoms with van der Waals surface area (Å²) in [7, 11) is 0. The molecule has 1 unspecified atom stereocenters. The van der Waals surface area contributed by atoms with Gasteiger partial charge in [-0.2, -0.15) is 4.98 Å². The summed E-state index contributed by atoms with van der Waals surface area (Å²) in [5, 5.41) is 4.07. The first-order chi connectivity index (χ1) is 11.6. The minimum atomic E-state index is -0.369. The van der Waals surface area contributed by atoms with Gasteiger partial charge < -0.3 is 15.2 Å². The topological polar surface area (TPSA) is 106 Å². The Kier molecular flexibility index (Phi) is 3.99. The summed E-state index contributed by atoms with van der Waals surface area (Å²) < 4.78 is 5.30. The van der Waals surface area contributed by atoms with Crippen LogP contribution in [0.5, 0.6) is 0 Å². The molecule has 3 aliphatic rings. The standard InChI is InChI=1S/C16H23N5O3/c17-15(23)11-7-14(22)21(8-11)12-3-5-20(6-4-12)9-13-18-16(24-19-13)10-1-2-10/h10-12H,1-9H2,(H2,17,23). The number of nitrogens with two attached hydrogens (primary N) is 1. The number of piperidine rings is 1. The molecule has 4 rings (SSSR count). The molecule has 2 amide bonds. The van der Waals surface area contributed by atoms with E-state index in [-0.39, 0.29) is 30.2 Å². The fraction of sp³-hybridized carbons (Fsp3) is 0.750. The third-order valence-corrected chi connectivity index (χ3v) is 5.33. The van der Waals surface area contributed by atoms with Gasteiger partial charge in [0.1, 0.15) is 0 Å². The highest BCUT2D eigenvalue weighted by atomic mass is 16.5. The van der Waals surface area contributed by atoms with Crippen molar-refractivity contribution in [1.29, 1.82) is 0 Å². The predicted octanol–water partition coefficient (Wildman–Crippen LogP) is 0.245. The van der Waals surface area contributed by atoms with Crippen LogP contribution in [0.3, 0.4) is 0 Å². The monoisotopic (exact) mass is 333 g/mol. The normalized spacial score (nSPS) is 26.2. The lowest BCUT2D eigenvalue weighted by atomic mass is 10.0. The van der Waals surface area contributed by atoms with E-state index >= 15 is 0 Å². The minimum absolute atomic E-state index is 0.0597. The first-order valence-electron chi connectivity index (χ1n) is 8.74. The molecule has 24 heavy (non-hydrogen) atoms. The highest BCUT2D eigenvalue weighted by Gasteiger charge is 2.38. The zero-order valence-electron chi connectivity index (χ0n) is 13.7. The minimum Gasteiger partial charge on any atom is -0.369 e. The van der Waals surface area contributed by atoms with E-state index in [9.17, 15) is 9.59 Å². The molecule has 2 aliphatic heterocycles. The summed E-state index contributed by atoms with van der Waals surface area (Å²) in [6, 6.07) is 0.213. The Balaban J connectivity index is 1.28. The Hall–Kier alpha value is -1.96. The van der Waals surface area contributed by atoms with Crippen LogP contribution in [-0.2, 0) is 16.1 Å². The van der Waals surface area contributed by atoms with Crippen molar-refractivity contribution < 1.29 is 14.1 Å². The Labute approximate surface area is 140 Å². The van der Waals surface area contributed by atoms with Gasteiger partial charge in [0.15, 0.2) is 5.82 Å². The van der Waals surface area contributed by atoms with Gasteiger partial charge in [-0.15, -0.1) is 0 Å². The second kappa shape index (κ2) is 6.16. The van der Waals surface area contributed by atoms with Crippen molar-refractivity contribution in [1.82, 2.24) is 19.9 Å². The van der Waals surface area contributed by atoms with Crippen LogP contribution in [0.15, 0.2) is 4.52 Å². The van der Waals surface area contributed by atoms with Gasteiger partial charge in [0, 0.05) is 38.0 Å². The smallest absolute Gasteiger partial charge is 0.229 e. The van der Waals surface area contributed by atoms with E-state index in [0.717, 1.165) is 50.5 Å². The van der Waals surface area contributed by atoms with Crippen molar-refractivity contribution in [3.05, 3.63) is 11.7 Å². The fourth-order valence-electron chi connectivity index (χ4n) is 3.69. The fourth-order valence-corrected chi connectivity index (χ4v) is 3.69. The van der Waals surface area contributed by atoms with Crippen molar-refractivity contribution in [2.24, 2.45) is 11.7 Å². The zero-order valence-corrected chi connectivity index (χ0v) is 13.7. The molecule has 2 saturated heterocycles. The average Bonchev–Trinajstić information content (AvgIpc) is 3.19. The molecule has 130 valence electrons. The molecule has 1 aromatic rings. The van der Waals surface area contributed by atoms with E-state index in [2.05, 4.69) is 15.0 Å². The first kappa shape index (κ1) is 15.6. The van der Waals surface area contributed by atoms with Crippen molar-refractivity contribution >= 4 is 11.8 Å². The Morgan fingerprint density at radius 2 is 2.00 bits per heavy atom. The molecule has 1 aliphatic carbocycles. The highest BCUT2D eigenvalue weighted by molar-refractivity contribution is 5.88. The molecule has 8 heteroatoms. The van der Waals surface area contributed by atoms with Crippen LogP contribution in [0.2, 0.25) is 0 Å². The third kappa shape index (κ3) is 3.15. The molecule has 2 N–H and O–H groups in total. The van der Waals surface area contributed by atoms with E-state index < -0.39 is 0 Å². The summed E-state index contributed by atoms with van der Waals surface area (Å²) in [6.45, 7) is 2.96. The largest absolute Gasteiger partial charge is 0.369 e. The summed E-state index contributed by atoms with van der Waals surface area (Å²) in [4.78, 5) is 32.0. The number of carbonyl (C=O) groups excluding carboxylic acids is 2. The Bertz CT molecular complexity index is 633. The van der Waals surface area contributed by atoms with Crippen LogP contribution in [0.25, 0.3) is 0 Å². The maximum Gasteiger partial charge on any atom is 0.229 e. The maximum atomic E-state index is 12.1. The van der Waals surface area contributed by atoms with Gasteiger partial charge in [-0.05, 0) is 25.7 Å². The number of hydrogen-bond donors (Lipinski definition) is 1. The quantitative estimate of drug-likeness (QED) is 0.828. The molecular weight excluding hydrogens is 310 g/mol. The highest BCUT2D eigenvalue weighted by Crippen LogP contribution is 2.38. The second-order valence-electron chi connectivity index (χ2n) is 7.18. The number of primary amides is 1. The lowest BCUT2D eigenvalue weighted by molar-refractivity contribution is -0.130. The summed E-state index contributed by atoms with van der Waals surface area (Å²) in [5.74, 6) is 1.38. The SMILES string of the molecule is NC(=O)C1CC(=O)N(C2CCN(Cc3noc(C4CC4)n3)CC2)C1. The van der Waals surface area contributed by atoms with Gasteiger partial charge in [-0.3, -0.25) is 14.5 Å². The van der Waals surface area contributed by atoms with E-state index in [0.29, 0.717) is 19.0 Å². The molecule has 3 heterocycles. The van der Waals surface area contributed by atoms with Gasteiger partial charge in [-0.1, -0.05) is 5.16 Å². The van der Waals surface area contributed by atoms with E-state index in [1.54, 1.807) is 0 Å². The van der Waals surface area contributed by atoms with Crippen LogP contribution in [0, 0.1) is 5.92 Å². The summed E-state index contributed by atoms with van der Waals surface area (Å²) >= 11 is 0. The predicted molar refractivity (Wildman–Crippen MR) is 83.6 cm³/mol. The van der Waals surface area contributed by atoms with Crippen LogP contribution < -0.4 is 5.73 Å². The molecule has 1 atom stereocenters. The molecule has 0 aromatic carbocycles. The third-order valence-electron chi connectivity index (χ3n) is 5.33. The zero-order chi connectivity index (χ0) is 16.7. The number of amides is 2. The lowest BCUT2D eigenvalue weighted by Gasteiger charge is -2.36. The van der Waals surface area contributed by atoms with Crippen molar-refractivity contribution in [3.8, 4) is 0 Å². The molecular formula is C16H23N5O3. The summed E-state index contributed by atoms with van der Waals surface area (Å²) in [5.41, 5.74) is 5.34. The van der Waals surface area contributed by atoms with Crippen LogP contribution in [-0.4, -0.2) is 57.4 Å². The van der Waals surface area contributed by atoms with Gasteiger partial charge in [0.05, 0.1) is 12.5 Å². The van der Waals surface area contributed by atoms with Gasteiger partial charge >= 0.3 is 0 Å². The number of rotatable bonds is 5. The van der Waals surface area contributed by atoms with E-state index in [1.165, 1.54) is 0 Å². The molecule has 1 saturated carbocycles. The Morgan fingerprint density at radius 1 is 1.25 bits per heavy atom. The van der Waals surface area contributed by atoms with Gasteiger partial charge in [0.2, 0.25) is 17.7 Å². The van der Waals surface area contributed by atoms with Crippen molar-refractivity contribution in [2.75, 3.05) is 19.6 Å². The molecule has 8 nitrogen and oxygen atoms in total. The summed E-state index contributed by atoms with van der Waals surface area (Å²) in [6.07, 6.45) is 4.39. The number of aromatic nitrogens is 2. The average molecular weight is 333 g/mol. The molecule has 0 bridgehead atoms. The van der Waals surface area contributed by atoms with Crippen LogP contribution in [0.4, 0.5) is 0 Å². The number of likely N-dealkylation sites (tertiary alicyclic amines) is 2. The number of carbonyl (C=O) groups is 2. The lowest BCUT2D eigenvalue weighted by Crippen LogP contribution is -2.45. The van der Waals surface area contributed by atoms with E-state index in [4.69, 9.17) is 10.3 Å². The number of nitrogens with zero attached hydrogens (tertiary/aromatic N) is 4.